The Bertz CT molecular complexity index is 408. The highest BCUT2D eigenvalue weighted by Gasteiger charge is 2.16. The number of carbonyl (C=O) groups is 2. The second-order valence-electron chi connectivity index (χ2n) is 3.39. The lowest BCUT2D eigenvalue weighted by Gasteiger charge is -2.19. The first kappa shape index (κ1) is 14.7. The highest BCUT2D eigenvalue weighted by molar-refractivity contribution is 6.27. The van der Waals surface area contributed by atoms with Crippen molar-refractivity contribution in [2.45, 2.75) is 6.17 Å². The van der Waals surface area contributed by atoms with E-state index in [-0.39, 0.29) is 11.8 Å². The topological polar surface area (TPSA) is 58.2 Å². The Morgan fingerprint density at radius 3 is 1.89 bits per heavy atom. The Hall–Kier alpha value is -1.33. The number of amides is 2. The highest BCUT2D eigenvalue weighted by atomic mass is 35.5. The average molecular weight is 293 g/mol. The lowest BCUT2D eigenvalue weighted by molar-refractivity contribution is -0.122. The van der Waals surface area contributed by atoms with Gasteiger partial charge in [0.25, 0.3) is 0 Å². The summed E-state index contributed by atoms with van der Waals surface area (Å²) in [6.07, 6.45) is -0.789. The van der Waals surface area contributed by atoms with Crippen molar-refractivity contribution in [2.24, 2.45) is 0 Å². The van der Waals surface area contributed by atoms with Crippen molar-refractivity contribution >= 4 is 35.0 Å². The van der Waals surface area contributed by atoms with Crippen molar-refractivity contribution < 1.29 is 14.0 Å². The van der Waals surface area contributed by atoms with E-state index in [1.165, 1.54) is 24.3 Å². The van der Waals surface area contributed by atoms with Gasteiger partial charge in [-0.3, -0.25) is 9.59 Å². The summed E-state index contributed by atoms with van der Waals surface area (Å²) in [5.41, 5.74) is 0.522. The van der Waals surface area contributed by atoms with Gasteiger partial charge in [-0.25, -0.2) is 4.39 Å². The molecule has 0 unspecified atom stereocenters. The van der Waals surface area contributed by atoms with E-state index >= 15 is 0 Å². The van der Waals surface area contributed by atoms with Crippen LogP contribution < -0.4 is 10.6 Å². The molecule has 98 valence electrons. The Kier molecular flexibility index (Phi) is 5.88. The molecule has 7 heteroatoms. The number of hydrogen-bond acceptors (Lipinski definition) is 2. The minimum Gasteiger partial charge on any atom is -0.331 e. The molecule has 0 aromatic heterocycles. The van der Waals surface area contributed by atoms with Crippen LogP contribution in [-0.2, 0) is 9.59 Å². The smallest absolute Gasteiger partial charge is 0.236 e. The molecule has 0 aliphatic heterocycles. The van der Waals surface area contributed by atoms with E-state index in [0.717, 1.165) is 0 Å². The van der Waals surface area contributed by atoms with Crippen LogP contribution in [0, 0.1) is 5.82 Å². The molecule has 2 N–H and O–H groups in total. The molecule has 0 aliphatic carbocycles. The number of rotatable bonds is 5. The standard InChI is InChI=1S/C11H11Cl2FN2O2/c12-5-9(17)15-11(16-10(18)6-13)7-1-3-8(14)4-2-7/h1-4,11H,5-6H2,(H,15,17)(H,16,18). The average Bonchev–Trinajstić information content (AvgIpc) is 2.38. The lowest BCUT2D eigenvalue weighted by atomic mass is 10.1. The van der Waals surface area contributed by atoms with E-state index in [4.69, 9.17) is 23.2 Å². The predicted octanol–water partition coefficient (Wildman–Crippen LogP) is 1.53. The zero-order valence-electron chi connectivity index (χ0n) is 9.25. The molecule has 0 radical (unpaired) electrons. The second-order valence-corrected chi connectivity index (χ2v) is 3.92. The molecule has 0 atom stereocenters. The van der Waals surface area contributed by atoms with Crippen molar-refractivity contribution in [3.8, 4) is 0 Å². The summed E-state index contributed by atoms with van der Waals surface area (Å²) in [6.45, 7) is 0. The molecule has 0 aliphatic rings. The highest BCUT2D eigenvalue weighted by Crippen LogP contribution is 2.11. The van der Waals surface area contributed by atoms with Gasteiger partial charge in [0, 0.05) is 0 Å². The molecule has 0 saturated carbocycles. The quantitative estimate of drug-likeness (QED) is 0.639. The SMILES string of the molecule is O=C(CCl)NC(NC(=O)CCl)c1ccc(F)cc1. The zero-order chi connectivity index (χ0) is 13.5. The first-order valence-corrected chi connectivity index (χ1v) is 6.10. The van der Waals surface area contributed by atoms with Crippen molar-refractivity contribution in [3.63, 3.8) is 0 Å². The summed E-state index contributed by atoms with van der Waals surface area (Å²) in [7, 11) is 0. The van der Waals surface area contributed by atoms with E-state index in [2.05, 4.69) is 10.6 Å². The van der Waals surface area contributed by atoms with Gasteiger partial charge in [0.05, 0.1) is 0 Å². The number of carbonyl (C=O) groups excluding carboxylic acids is 2. The predicted molar refractivity (Wildman–Crippen MR) is 66.9 cm³/mol. The summed E-state index contributed by atoms with van der Waals surface area (Å²) in [6, 6.07) is 5.34. The van der Waals surface area contributed by atoms with E-state index in [9.17, 15) is 14.0 Å². The Morgan fingerprint density at radius 1 is 1.06 bits per heavy atom. The van der Waals surface area contributed by atoms with Gasteiger partial charge in [0.1, 0.15) is 23.7 Å². The fraction of sp³-hybridized carbons (Fsp3) is 0.273. The minimum absolute atomic E-state index is 0.242. The molecular weight excluding hydrogens is 282 g/mol. The van der Waals surface area contributed by atoms with Gasteiger partial charge in [0.2, 0.25) is 11.8 Å². The first-order chi connectivity index (χ1) is 8.56. The number of hydrogen-bond donors (Lipinski definition) is 2. The third-order valence-corrected chi connectivity index (χ3v) is 2.54. The molecule has 4 nitrogen and oxygen atoms in total. The van der Waals surface area contributed by atoms with Gasteiger partial charge >= 0.3 is 0 Å². The van der Waals surface area contributed by atoms with Crippen LogP contribution in [0.4, 0.5) is 4.39 Å². The molecular formula is C11H11Cl2FN2O2. The van der Waals surface area contributed by atoms with Crippen LogP contribution in [0.5, 0.6) is 0 Å². The van der Waals surface area contributed by atoms with Crippen molar-refractivity contribution in [2.75, 3.05) is 11.8 Å². The van der Waals surface area contributed by atoms with Gasteiger partial charge < -0.3 is 10.6 Å². The summed E-state index contributed by atoms with van der Waals surface area (Å²) in [5, 5.41) is 4.97. The lowest BCUT2D eigenvalue weighted by Crippen LogP contribution is -2.42. The van der Waals surface area contributed by atoms with E-state index in [1.54, 1.807) is 0 Å². The molecule has 1 aromatic carbocycles. The Balaban J connectivity index is 2.85. The number of alkyl halides is 2. The fourth-order valence-electron chi connectivity index (χ4n) is 1.26. The fourth-order valence-corrected chi connectivity index (χ4v) is 1.41. The first-order valence-electron chi connectivity index (χ1n) is 5.03. The Labute approximate surface area is 113 Å². The summed E-state index contributed by atoms with van der Waals surface area (Å²) < 4.78 is 12.8. The third kappa shape index (κ3) is 4.50. The molecule has 0 fully saturated rings. The largest absolute Gasteiger partial charge is 0.331 e. The van der Waals surface area contributed by atoms with Gasteiger partial charge in [-0.05, 0) is 17.7 Å². The molecule has 18 heavy (non-hydrogen) atoms. The van der Waals surface area contributed by atoms with Gasteiger partial charge in [-0.1, -0.05) is 12.1 Å². The van der Waals surface area contributed by atoms with E-state index in [1.807, 2.05) is 0 Å². The molecule has 0 spiro atoms. The van der Waals surface area contributed by atoms with Crippen LogP contribution in [0.2, 0.25) is 0 Å². The van der Waals surface area contributed by atoms with Crippen LogP contribution in [-0.4, -0.2) is 23.6 Å². The number of nitrogens with one attached hydrogen (secondary N) is 2. The maximum Gasteiger partial charge on any atom is 0.236 e. The molecule has 0 saturated heterocycles. The molecule has 1 rings (SSSR count). The summed E-state index contributed by atoms with van der Waals surface area (Å²) in [5.74, 6) is -1.81. The molecule has 0 heterocycles. The third-order valence-electron chi connectivity index (χ3n) is 2.06. The van der Waals surface area contributed by atoms with Crippen molar-refractivity contribution in [3.05, 3.63) is 35.6 Å². The summed E-state index contributed by atoms with van der Waals surface area (Å²) in [4.78, 5) is 22.5. The number of halogens is 3. The molecule has 0 bridgehead atoms. The van der Waals surface area contributed by atoms with Gasteiger partial charge in [-0.15, -0.1) is 23.2 Å². The van der Waals surface area contributed by atoms with E-state index in [0.29, 0.717) is 5.56 Å². The normalized spacial score (nSPS) is 10.2. The Morgan fingerprint density at radius 2 is 1.50 bits per heavy atom. The van der Waals surface area contributed by atoms with Crippen LogP contribution in [0.1, 0.15) is 11.7 Å². The zero-order valence-corrected chi connectivity index (χ0v) is 10.8. The van der Waals surface area contributed by atoms with Crippen LogP contribution in [0.3, 0.4) is 0 Å². The van der Waals surface area contributed by atoms with Crippen molar-refractivity contribution in [1.29, 1.82) is 0 Å². The van der Waals surface area contributed by atoms with E-state index < -0.39 is 23.8 Å². The minimum atomic E-state index is -0.789. The summed E-state index contributed by atoms with van der Waals surface area (Å²) >= 11 is 10.7. The second kappa shape index (κ2) is 7.18. The monoisotopic (exact) mass is 292 g/mol. The van der Waals surface area contributed by atoms with Gasteiger partial charge in [0.15, 0.2) is 0 Å². The van der Waals surface area contributed by atoms with Crippen LogP contribution >= 0.6 is 23.2 Å². The van der Waals surface area contributed by atoms with Crippen LogP contribution in [0.25, 0.3) is 0 Å². The maximum absolute atomic E-state index is 12.8. The van der Waals surface area contributed by atoms with Crippen LogP contribution in [0.15, 0.2) is 24.3 Å². The maximum atomic E-state index is 12.8. The van der Waals surface area contributed by atoms with Gasteiger partial charge in [-0.2, -0.15) is 0 Å². The molecule has 2 amide bonds. The number of benzene rings is 1. The molecule has 1 aromatic rings. The van der Waals surface area contributed by atoms with Crippen molar-refractivity contribution in [1.82, 2.24) is 10.6 Å².